The number of aromatic nitrogens is 2. The second kappa shape index (κ2) is 7.78. The third kappa shape index (κ3) is 3.86. The van der Waals surface area contributed by atoms with Crippen LogP contribution < -0.4 is 0 Å². The number of esters is 1. The molecule has 3 aliphatic rings. The average molecular weight is 449 g/mol. The lowest BCUT2D eigenvalue weighted by Crippen LogP contribution is -2.42. The standard InChI is InChI=1S/C23H26F3N3O3/c1-28-18-11-16(13-2-3-13)10-17(23(24,25)26)20(18)27-21(28)22(31)29-7-4-14(5-8-29)15-6-9-32-19(30)12-15/h10-11,13-15H,2-9,12H2,1H3. The van der Waals surface area contributed by atoms with Crippen molar-refractivity contribution in [1.82, 2.24) is 14.5 Å². The molecule has 5 rings (SSSR count). The molecule has 172 valence electrons. The van der Waals surface area contributed by atoms with Crippen molar-refractivity contribution in [1.29, 1.82) is 0 Å². The lowest BCUT2D eigenvalue weighted by Gasteiger charge is -2.36. The molecule has 0 N–H and O–H groups in total. The number of fused-ring (bicyclic) bond motifs is 1. The van der Waals surface area contributed by atoms with Crippen LogP contribution in [0.2, 0.25) is 0 Å². The van der Waals surface area contributed by atoms with E-state index in [9.17, 15) is 22.8 Å². The first kappa shape index (κ1) is 21.3. The van der Waals surface area contributed by atoms with E-state index >= 15 is 0 Å². The number of halogens is 3. The second-order valence-corrected chi connectivity index (χ2v) is 9.31. The van der Waals surface area contributed by atoms with Crippen molar-refractivity contribution in [2.75, 3.05) is 19.7 Å². The first-order chi connectivity index (χ1) is 15.2. The minimum atomic E-state index is -4.53. The number of carbonyl (C=O) groups excluding carboxylic acids is 2. The average Bonchev–Trinajstić information content (AvgIpc) is 3.56. The van der Waals surface area contributed by atoms with Crippen LogP contribution in [0.15, 0.2) is 12.1 Å². The largest absolute Gasteiger partial charge is 0.466 e. The predicted octanol–water partition coefficient (Wildman–Crippen LogP) is 4.27. The van der Waals surface area contributed by atoms with Gasteiger partial charge in [-0.05, 0) is 67.6 Å². The summed E-state index contributed by atoms with van der Waals surface area (Å²) >= 11 is 0. The highest BCUT2D eigenvalue weighted by Gasteiger charge is 2.38. The van der Waals surface area contributed by atoms with E-state index in [1.54, 1.807) is 18.0 Å². The van der Waals surface area contributed by atoms with Crippen LogP contribution in [-0.2, 0) is 22.8 Å². The summed E-state index contributed by atoms with van der Waals surface area (Å²) in [7, 11) is 1.61. The van der Waals surface area contributed by atoms with Crippen molar-refractivity contribution < 1.29 is 27.5 Å². The molecule has 2 aromatic rings. The Morgan fingerprint density at radius 3 is 2.44 bits per heavy atom. The normalized spacial score (nSPS) is 22.9. The summed E-state index contributed by atoms with van der Waals surface area (Å²) in [6.45, 7) is 1.47. The number of rotatable bonds is 3. The van der Waals surface area contributed by atoms with Gasteiger partial charge >= 0.3 is 12.1 Å². The van der Waals surface area contributed by atoms with Crippen LogP contribution in [0.25, 0.3) is 11.0 Å². The Labute approximate surface area is 183 Å². The number of piperidine rings is 1. The van der Waals surface area contributed by atoms with Crippen LogP contribution >= 0.6 is 0 Å². The van der Waals surface area contributed by atoms with Crippen molar-refractivity contribution in [2.45, 2.75) is 50.6 Å². The summed E-state index contributed by atoms with van der Waals surface area (Å²) < 4.78 is 47.8. The lowest BCUT2D eigenvalue weighted by atomic mass is 9.80. The van der Waals surface area contributed by atoms with Gasteiger partial charge in [-0.1, -0.05) is 0 Å². The van der Waals surface area contributed by atoms with E-state index in [1.165, 1.54) is 10.6 Å². The number of benzene rings is 1. The Morgan fingerprint density at radius 2 is 1.81 bits per heavy atom. The molecule has 0 radical (unpaired) electrons. The van der Waals surface area contributed by atoms with E-state index < -0.39 is 11.7 Å². The highest BCUT2D eigenvalue weighted by Crippen LogP contribution is 2.44. The van der Waals surface area contributed by atoms with Crippen molar-refractivity contribution in [3.05, 3.63) is 29.1 Å². The summed E-state index contributed by atoms with van der Waals surface area (Å²) in [5, 5.41) is 0. The van der Waals surface area contributed by atoms with Gasteiger partial charge in [-0.2, -0.15) is 13.2 Å². The van der Waals surface area contributed by atoms with Gasteiger partial charge in [-0.25, -0.2) is 4.98 Å². The summed E-state index contributed by atoms with van der Waals surface area (Å²) in [5.41, 5.74) is 0.0807. The fraction of sp³-hybridized carbons (Fsp3) is 0.609. The van der Waals surface area contributed by atoms with Crippen LogP contribution in [0.4, 0.5) is 13.2 Å². The number of ether oxygens (including phenoxy) is 1. The zero-order valence-electron chi connectivity index (χ0n) is 18.0. The van der Waals surface area contributed by atoms with Crippen molar-refractivity contribution in [3.63, 3.8) is 0 Å². The van der Waals surface area contributed by atoms with Gasteiger partial charge in [0.1, 0.15) is 5.52 Å². The number of hydrogen-bond acceptors (Lipinski definition) is 4. The molecule has 32 heavy (non-hydrogen) atoms. The molecule has 3 fully saturated rings. The van der Waals surface area contributed by atoms with E-state index in [4.69, 9.17) is 4.74 Å². The molecule has 3 heterocycles. The maximum Gasteiger partial charge on any atom is 0.418 e. The fourth-order valence-electron chi connectivity index (χ4n) is 5.19. The van der Waals surface area contributed by atoms with Crippen molar-refractivity contribution in [2.24, 2.45) is 18.9 Å². The van der Waals surface area contributed by atoms with Gasteiger partial charge in [0.05, 0.1) is 17.7 Å². The first-order valence-electron chi connectivity index (χ1n) is 11.2. The molecule has 1 saturated carbocycles. The van der Waals surface area contributed by atoms with Crippen molar-refractivity contribution >= 4 is 22.9 Å². The van der Waals surface area contributed by atoms with Crippen LogP contribution in [-0.4, -0.2) is 46.0 Å². The van der Waals surface area contributed by atoms with E-state index in [1.807, 2.05) is 0 Å². The lowest BCUT2D eigenvalue weighted by molar-refractivity contribution is -0.150. The van der Waals surface area contributed by atoms with Gasteiger partial charge in [-0.15, -0.1) is 0 Å². The number of imidazole rings is 1. The van der Waals surface area contributed by atoms with E-state index in [0.717, 1.165) is 32.1 Å². The molecule has 2 saturated heterocycles. The quantitative estimate of drug-likeness (QED) is 0.657. The Bertz CT molecular complexity index is 1070. The number of alkyl halides is 3. The van der Waals surface area contributed by atoms with E-state index in [-0.39, 0.29) is 35.1 Å². The Morgan fingerprint density at radius 1 is 1.09 bits per heavy atom. The highest BCUT2D eigenvalue weighted by atomic mass is 19.4. The molecular formula is C23H26F3N3O3. The van der Waals surface area contributed by atoms with E-state index in [2.05, 4.69) is 4.98 Å². The zero-order valence-corrected chi connectivity index (χ0v) is 18.0. The van der Waals surface area contributed by atoms with Gasteiger partial charge in [-0.3, -0.25) is 9.59 Å². The number of likely N-dealkylation sites (tertiary alicyclic amines) is 1. The molecule has 0 bridgehead atoms. The first-order valence-corrected chi connectivity index (χ1v) is 11.2. The van der Waals surface area contributed by atoms with Gasteiger partial charge < -0.3 is 14.2 Å². The van der Waals surface area contributed by atoms with Gasteiger partial charge in [0, 0.05) is 26.6 Å². The summed E-state index contributed by atoms with van der Waals surface area (Å²) in [5.74, 6) is 0.324. The predicted molar refractivity (Wildman–Crippen MR) is 110 cm³/mol. The third-order valence-corrected chi connectivity index (χ3v) is 7.23. The van der Waals surface area contributed by atoms with Gasteiger partial charge in [0.2, 0.25) is 0 Å². The topological polar surface area (TPSA) is 64.4 Å². The molecule has 9 heteroatoms. The molecule has 2 aliphatic heterocycles. The van der Waals surface area contributed by atoms with E-state index in [0.29, 0.717) is 43.1 Å². The van der Waals surface area contributed by atoms with Gasteiger partial charge in [0.15, 0.2) is 5.82 Å². The fourth-order valence-corrected chi connectivity index (χ4v) is 5.19. The zero-order chi connectivity index (χ0) is 22.6. The number of aryl methyl sites for hydroxylation is 1. The summed E-state index contributed by atoms with van der Waals surface area (Å²) in [4.78, 5) is 30.6. The monoisotopic (exact) mass is 449 g/mol. The second-order valence-electron chi connectivity index (χ2n) is 9.31. The molecule has 1 atom stereocenters. The third-order valence-electron chi connectivity index (χ3n) is 7.23. The minimum Gasteiger partial charge on any atom is -0.466 e. The van der Waals surface area contributed by atoms with Crippen LogP contribution in [0.1, 0.15) is 66.2 Å². The molecule has 0 spiro atoms. The number of cyclic esters (lactones) is 1. The number of carbonyl (C=O) groups is 2. The minimum absolute atomic E-state index is 0.0399. The number of hydrogen-bond donors (Lipinski definition) is 0. The Balaban J connectivity index is 1.38. The van der Waals surface area contributed by atoms with Crippen molar-refractivity contribution in [3.8, 4) is 0 Å². The number of amides is 1. The molecule has 1 aromatic heterocycles. The maximum absolute atomic E-state index is 13.7. The maximum atomic E-state index is 13.7. The van der Waals surface area contributed by atoms with Gasteiger partial charge in [0.25, 0.3) is 5.91 Å². The van der Waals surface area contributed by atoms with Crippen LogP contribution in [0, 0.1) is 11.8 Å². The molecule has 1 aliphatic carbocycles. The molecule has 1 unspecified atom stereocenters. The molecular weight excluding hydrogens is 423 g/mol. The Hall–Kier alpha value is -2.58. The summed E-state index contributed by atoms with van der Waals surface area (Å²) in [6, 6.07) is 2.95. The Kier molecular flexibility index (Phi) is 5.17. The van der Waals surface area contributed by atoms with Crippen LogP contribution in [0.5, 0.6) is 0 Å². The van der Waals surface area contributed by atoms with Crippen LogP contribution in [0.3, 0.4) is 0 Å². The SMILES string of the molecule is Cn1c(C(=O)N2CCC(C3CCOC(=O)C3)CC2)nc2c(C(F)(F)F)cc(C3CC3)cc21. The summed E-state index contributed by atoms with van der Waals surface area (Å²) in [6.07, 6.45) is 0.0591. The smallest absolute Gasteiger partial charge is 0.418 e. The number of nitrogens with zero attached hydrogens (tertiary/aromatic N) is 3. The molecule has 1 aromatic carbocycles. The highest BCUT2D eigenvalue weighted by molar-refractivity contribution is 5.96. The molecule has 6 nitrogen and oxygen atoms in total. The molecule has 1 amide bonds.